The van der Waals surface area contributed by atoms with Gasteiger partial charge in [-0.2, -0.15) is 0 Å². The van der Waals surface area contributed by atoms with Crippen molar-refractivity contribution in [3.8, 4) is 0 Å². The number of benzene rings is 1. The van der Waals surface area contributed by atoms with Gasteiger partial charge in [0, 0.05) is 12.6 Å². The summed E-state index contributed by atoms with van der Waals surface area (Å²) in [5, 5.41) is 2.67. The van der Waals surface area contributed by atoms with Crippen LogP contribution in [0.3, 0.4) is 0 Å². The van der Waals surface area contributed by atoms with Crippen LogP contribution < -0.4 is 5.32 Å². The van der Waals surface area contributed by atoms with Crippen LogP contribution in [0.1, 0.15) is 22.3 Å². The topological polar surface area (TPSA) is 68.3 Å². The van der Waals surface area contributed by atoms with E-state index in [4.69, 9.17) is 0 Å². The maximum atomic E-state index is 11.9. The maximum absolute atomic E-state index is 11.9. The number of hydrogen-bond donors (Lipinski definition) is 1. The van der Waals surface area contributed by atoms with Crippen LogP contribution in [0.4, 0.5) is 5.82 Å². The monoisotopic (exact) mass is 284 g/mol. The lowest BCUT2D eigenvalue weighted by molar-refractivity contribution is -0.116. The van der Waals surface area contributed by atoms with Crippen LogP contribution in [0, 0.1) is 0 Å². The number of amides is 1. The van der Waals surface area contributed by atoms with E-state index in [0.29, 0.717) is 24.2 Å². The Hall–Kier alpha value is -2.69. The Kier molecular flexibility index (Phi) is 5.04. The minimum absolute atomic E-state index is 0.145. The van der Waals surface area contributed by atoms with Crippen molar-refractivity contribution >= 4 is 17.7 Å². The molecule has 0 spiro atoms. The summed E-state index contributed by atoms with van der Waals surface area (Å²) in [6.45, 7) is 0. The number of nitrogens with zero attached hydrogens (tertiary/aromatic N) is 1. The fourth-order valence-corrected chi connectivity index (χ4v) is 1.85. The highest BCUT2D eigenvalue weighted by Crippen LogP contribution is 2.09. The lowest BCUT2D eigenvalue weighted by atomic mass is 10.1. The number of rotatable bonds is 5. The smallest absolute Gasteiger partial charge is 0.338 e. The quantitative estimate of drug-likeness (QED) is 0.856. The van der Waals surface area contributed by atoms with Gasteiger partial charge in [0.2, 0.25) is 5.91 Å². The van der Waals surface area contributed by atoms with Crippen LogP contribution in [0.25, 0.3) is 0 Å². The zero-order valence-electron chi connectivity index (χ0n) is 11.7. The molecule has 0 bridgehead atoms. The van der Waals surface area contributed by atoms with Crippen molar-refractivity contribution < 1.29 is 14.3 Å². The molecule has 1 amide bonds. The summed E-state index contributed by atoms with van der Waals surface area (Å²) in [6.07, 6.45) is 2.47. The van der Waals surface area contributed by atoms with E-state index in [1.165, 1.54) is 25.4 Å². The van der Waals surface area contributed by atoms with Crippen molar-refractivity contribution in [1.29, 1.82) is 0 Å². The van der Waals surface area contributed by atoms with Crippen molar-refractivity contribution in [3.05, 3.63) is 59.8 Å². The molecule has 0 aliphatic carbocycles. The molecule has 1 heterocycles. The molecule has 21 heavy (non-hydrogen) atoms. The first-order chi connectivity index (χ1) is 10.2. The molecule has 0 unspecified atom stereocenters. The van der Waals surface area contributed by atoms with Crippen LogP contribution in [0.15, 0.2) is 48.7 Å². The summed E-state index contributed by atoms with van der Waals surface area (Å²) in [4.78, 5) is 27.3. The molecule has 0 aliphatic rings. The van der Waals surface area contributed by atoms with E-state index in [-0.39, 0.29) is 5.91 Å². The molecule has 1 aromatic carbocycles. The van der Waals surface area contributed by atoms with Gasteiger partial charge in [-0.05, 0) is 24.1 Å². The summed E-state index contributed by atoms with van der Waals surface area (Å²) in [5.74, 6) is -0.262. The van der Waals surface area contributed by atoms with Crippen LogP contribution in [0.5, 0.6) is 0 Å². The van der Waals surface area contributed by atoms with Gasteiger partial charge in [-0.25, -0.2) is 9.78 Å². The Bertz CT molecular complexity index is 626. The Morgan fingerprint density at radius 3 is 2.67 bits per heavy atom. The van der Waals surface area contributed by atoms with Gasteiger partial charge < -0.3 is 10.1 Å². The lowest BCUT2D eigenvalue weighted by Gasteiger charge is -2.06. The van der Waals surface area contributed by atoms with E-state index >= 15 is 0 Å². The van der Waals surface area contributed by atoms with E-state index in [9.17, 15) is 9.59 Å². The molecule has 0 radical (unpaired) electrons. The molecule has 2 rings (SSSR count). The summed E-state index contributed by atoms with van der Waals surface area (Å²) in [7, 11) is 1.31. The van der Waals surface area contributed by atoms with Gasteiger partial charge in [0.15, 0.2) is 0 Å². The average Bonchev–Trinajstić information content (AvgIpc) is 2.53. The van der Waals surface area contributed by atoms with Crippen LogP contribution in [-0.4, -0.2) is 24.0 Å². The molecule has 1 aromatic heterocycles. The highest BCUT2D eigenvalue weighted by molar-refractivity contribution is 5.93. The predicted octanol–water partition coefficient (Wildman–Crippen LogP) is 2.44. The minimum Gasteiger partial charge on any atom is -0.465 e. The SMILES string of the molecule is COC(=O)c1ccnc(NC(=O)CCc2ccccc2)c1. The molecule has 5 heteroatoms. The largest absolute Gasteiger partial charge is 0.465 e. The zero-order chi connectivity index (χ0) is 15.1. The summed E-state index contributed by atoms with van der Waals surface area (Å²) in [6, 6.07) is 12.8. The van der Waals surface area contributed by atoms with Gasteiger partial charge in [0.1, 0.15) is 5.82 Å². The zero-order valence-corrected chi connectivity index (χ0v) is 11.7. The maximum Gasteiger partial charge on any atom is 0.338 e. The number of esters is 1. The highest BCUT2D eigenvalue weighted by atomic mass is 16.5. The summed E-state index contributed by atoms with van der Waals surface area (Å²) < 4.78 is 4.62. The van der Waals surface area contributed by atoms with E-state index < -0.39 is 5.97 Å². The Morgan fingerprint density at radius 2 is 1.95 bits per heavy atom. The van der Waals surface area contributed by atoms with E-state index in [1.54, 1.807) is 0 Å². The third-order valence-electron chi connectivity index (χ3n) is 2.93. The molecule has 0 atom stereocenters. The van der Waals surface area contributed by atoms with Gasteiger partial charge in [0.05, 0.1) is 12.7 Å². The summed E-state index contributed by atoms with van der Waals surface area (Å²) in [5.41, 5.74) is 1.45. The fourth-order valence-electron chi connectivity index (χ4n) is 1.85. The fraction of sp³-hybridized carbons (Fsp3) is 0.188. The van der Waals surface area contributed by atoms with Crippen molar-refractivity contribution in [1.82, 2.24) is 4.98 Å². The first kappa shape index (κ1) is 14.7. The molecule has 108 valence electrons. The first-order valence-electron chi connectivity index (χ1n) is 6.57. The number of anilines is 1. The molecule has 5 nitrogen and oxygen atoms in total. The van der Waals surface area contributed by atoms with Crippen LogP contribution in [0.2, 0.25) is 0 Å². The molecule has 2 aromatic rings. The molecule has 0 saturated heterocycles. The first-order valence-corrected chi connectivity index (χ1v) is 6.57. The Balaban J connectivity index is 1.92. The van der Waals surface area contributed by atoms with E-state index in [2.05, 4.69) is 15.0 Å². The van der Waals surface area contributed by atoms with Gasteiger partial charge in [-0.1, -0.05) is 30.3 Å². The molecule has 0 aliphatic heterocycles. The average molecular weight is 284 g/mol. The van der Waals surface area contributed by atoms with Gasteiger partial charge >= 0.3 is 5.97 Å². The lowest BCUT2D eigenvalue weighted by Crippen LogP contribution is -2.14. The third kappa shape index (κ3) is 4.42. The standard InChI is InChI=1S/C16H16N2O3/c1-21-16(20)13-9-10-17-14(11-13)18-15(19)8-7-12-5-3-2-4-6-12/h2-6,9-11H,7-8H2,1H3,(H,17,18,19). The molecular weight excluding hydrogens is 268 g/mol. The predicted molar refractivity (Wildman–Crippen MR) is 79.0 cm³/mol. The van der Waals surface area contributed by atoms with Crippen LogP contribution >= 0.6 is 0 Å². The second-order valence-electron chi connectivity index (χ2n) is 4.46. The third-order valence-corrected chi connectivity index (χ3v) is 2.93. The van der Waals surface area contributed by atoms with E-state index in [0.717, 1.165) is 5.56 Å². The number of hydrogen-bond acceptors (Lipinski definition) is 4. The second-order valence-corrected chi connectivity index (χ2v) is 4.46. The molecule has 0 fully saturated rings. The second kappa shape index (κ2) is 7.19. The van der Waals surface area contributed by atoms with Gasteiger partial charge in [-0.15, -0.1) is 0 Å². The molecular formula is C16H16N2O3. The number of ether oxygens (including phenoxy) is 1. The van der Waals surface area contributed by atoms with Crippen molar-refractivity contribution in [2.45, 2.75) is 12.8 Å². The van der Waals surface area contributed by atoms with Gasteiger partial charge in [-0.3, -0.25) is 4.79 Å². The molecule has 1 N–H and O–H groups in total. The number of carbonyl (C=O) groups is 2. The number of nitrogens with one attached hydrogen (secondary N) is 1. The summed E-state index contributed by atoms with van der Waals surface area (Å²) >= 11 is 0. The number of aryl methyl sites for hydroxylation is 1. The van der Waals surface area contributed by atoms with E-state index in [1.807, 2.05) is 30.3 Å². The number of pyridine rings is 1. The number of aromatic nitrogens is 1. The van der Waals surface area contributed by atoms with Crippen LogP contribution in [-0.2, 0) is 16.0 Å². The highest BCUT2D eigenvalue weighted by Gasteiger charge is 2.08. The van der Waals surface area contributed by atoms with Gasteiger partial charge in [0.25, 0.3) is 0 Å². The number of methoxy groups -OCH3 is 1. The minimum atomic E-state index is -0.461. The van der Waals surface area contributed by atoms with Crippen molar-refractivity contribution in [2.24, 2.45) is 0 Å². The normalized spacial score (nSPS) is 9.95. The molecule has 0 saturated carbocycles. The number of carbonyl (C=O) groups excluding carboxylic acids is 2. The Labute approximate surface area is 123 Å². The van der Waals surface area contributed by atoms with Crippen molar-refractivity contribution in [2.75, 3.05) is 12.4 Å². The van der Waals surface area contributed by atoms with Crippen molar-refractivity contribution in [3.63, 3.8) is 0 Å². The Morgan fingerprint density at radius 1 is 1.19 bits per heavy atom.